The zero-order valence-electron chi connectivity index (χ0n) is 14.5. The molecule has 2 N–H and O–H groups in total. The number of hydrogen-bond acceptors (Lipinski definition) is 7. The zero-order chi connectivity index (χ0) is 18.4. The van der Waals surface area contributed by atoms with Crippen molar-refractivity contribution in [3.05, 3.63) is 37.7 Å². The summed E-state index contributed by atoms with van der Waals surface area (Å²) < 4.78 is 0. The van der Waals surface area contributed by atoms with Crippen molar-refractivity contribution in [1.29, 1.82) is 0 Å². The monoisotopic (exact) mass is 418 g/mol. The highest BCUT2D eigenvalue weighted by Gasteiger charge is 2.26. The maximum Gasteiger partial charge on any atom is 0.259 e. The highest BCUT2D eigenvalue weighted by molar-refractivity contribution is 7.99. The Morgan fingerprint density at radius 1 is 1.33 bits per heavy atom. The molecule has 3 aromatic heterocycles. The molecule has 3 aromatic rings. The number of nitrogens with zero attached hydrogens (tertiary/aromatic N) is 2. The molecule has 140 valence electrons. The van der Waals surface area contributed by atoms with Gasteiger partial charge in [-0.1, -0.05) is 0 Å². The molecule has 0 aromatic carbocycles. The van der Waals surface area contributed by atoms with Crippen LogP contribution >= 0.6 is 34.4 Å². The van der Waals surface area contributed by atoms with E-state index in [1.54, 1.807) is 11.3 Å². The third kappa shape index (κ3) is 3.55. The fourth-order valence-corrected chi connectivity index (χ4v) is 6.20. The van der Waals surface area contributed by atoms with Gasteiger partial charge in [-0.15, -0.1) is 34.4 Å². The summed E-state index contributed by atoms with van der Waals surface area (Å²) >= 11 is 4.56. The molecule has 0 radical (unpaired) electrons. The topological polar surface area (TPSA) is 87.7 Å². The molecule has 1 amide bonds. The summed E-state index contributed by atoms with van der Waals surface area (Å²) in [6.45, 7) is 0. The van der Waals surface area contributed by atoms with Crippen molar-refractivity contribution in [1.82, 2.24) is 15.0 Å². The van der Waals surface area contributed by atoms with Gasteiger partial charge in [0.15, 0.2) is 5.13 Å². The van der Waals surface area contributed by atoms with Gasteiger partial charge in [-0.05, 0) is 37.7 Å². The molecule has 1 fully saturated rings. The Bertz CT molecular complexity index is 1080. The van der Waals surface area contributed by atoms with Crippen LogP contribution in [0.1, 0.15) is 47.1 Å². The van der Waals surface area contributed by atoms with E-state index in [1.807, 2.05) is 5.38 Å². The summed E-state index contributed by atoms with van der Waals surface area (Å²) in [5.74, 6) is 1.97. The van der Waals surface area contributed by atoms with E-state index in [-0.39, 0.29) is 11.5 Å². The lowest BCUT2D eigenvalue weighted by Gasteiger charge is -2.03. The summed E-state index contributed by atoms with van der Waals surface area (Å²) in [5, 5.41) is 6.33. The van der Waals surface area contributed by atoms with E-state index in [0.29, 0.717) is 28.4 Å². The Morgan fingerprint density at radius 2 is 2.22 bits per heavy atom. The number of aromatic amines is 1. The van der Waals surface area contributed by atoms with Crippen molar-refractivity contribution in [2.75, 3.05) is 11.1 Å². The van der Waals surface area contributed by atoms with E-state index in [4.69, 9.17) is 0 Å². The largest absolute Gasteiger partial charge is 0.309 e. The van der Waals surface area contributed by atoms with Crippen LogP contribution in [0, 0.1) is 0 Å². The van der Waals surface area contributed by atoms with Crippen LogP contribution in [0.15, 0.2) is 10.2 Å². The average molecular weight is 419 g/mol. The number of rotatable bonds is 6. The van der Waals surface area contributed by atoms with E-state index in [2.05, 4.69) is 20.3 Å². The van der Waals surface area contributed by atoms with Crippen molar-refractivity contribution in [2.45, 2.75) is 43.8 Å². The lowest BCUT2D eigenvalue weighted by atomic mass is 10.2. The zero-order valence-corrected chi connectivity index (χ0v) is 17.0. The summed E-state index contributed by atoms with van der Waals surface area (Å²) in [6, 6.07) is 0. The molecule has 1 saturated carbocycles. The van der Waals surface area contributed by atoms with Gasteiger partial charge in [0.1, 0.15) is 10.7 Å². The van der Waals surface area contributed by atoms with Gasteiger partial charge in [0.05, 0.1) is 22.6 Å². The maximum absolute atomic E-state index is 12.4. The molecule has 0 unspecified atom stereocenters. The number of hydrogen-bond donors (Lipinski definition) is 2. The molecule has 0 atom stereocenters. The SMILES string of the molecule is O=C(CSCc1nc2sc3c(c2c(=O)[nH]1)CCC3)Nc1nc(C2CC2)cs1. The number of anilines is 1. The van der Waals surface area contributed by atoms with Crippen LogP contribution < -0.4 is 10.9 Å². The Balaban J connectivity index is 1.19. The van der Waals surface area contributed by atoms with E-state index >= 15 is 0 Å². The minimum absolute atomic E-state index is 0.0464. The van der Waals surface area contributed by atoms with Gasteiger partial charge in [0.25, 0.3) is 5.56 Å². The summed E-state index contributed by atoms with van der Waals surface area (Å²) in [5.41, 5.74) is 2.24. The van der Waals surface area contributed by atoms with Crippen LogP contribution in [-0.2, 0) is 23.4 Å². The lowest BCUT2D eigenvalue weighted by molar-refractivity contribution is -0.113. The normalized spacial score (nSPS) is 16.0. The molecule has 27 heavy (non-hydrogen) atoms. The molecule has 0 bridgehead atoms. The lowest BCUT2D eigenvalue weighted by Crippen LogP contribution is -2.15. The first-order valence-corrected chi connectivity index (χ1v) is 11.9. The van der Waals surface area contributed by atoms with Crippen molar-refractivity contribution >= 4 is 55.7 Å². The summed E-state index contributed by atoms with van der Waals surface area (Å²) in [6.07, 6.45) is 5.57. The third-order valence-electron chi connectivity index (χ3n) is 4.86. The van der Waals surface area contributed by atoms with E-state index in [0.717, 1.165) is 35.2 Å². The molecule has 2 aliphatic rings. The molecular weight excluding hydrogens is 400 g/mol. The molecule has 5 rings (SSSR count). The Morgan fingerprint density at radius 3 is 3.07 bits per heavy atom. The van der Waals surface area contributed by atoms with Gasteiger partial charge in [-0.2, -0.15) is 0 Å². The maximum atomic E-state index is 12.4. The molecule has 2 aliphatic carbocycles. The molecule has 0 spiro atoms. The second kappa shape index (κ2) is 7.03. The number of amides is 1. The summed E-state index contributed by atoms with van der Waals surface area (Å²) in [7, 11) is 0. The van der Waals surface area contributed by atoms with Crippen LogP contribution in [-0.4, -0.2) is 26.6 Å². The van der Waals surface area contributed by atoms with Crippen molar-refractivity contribution in [3.63, 3.8) is 0 Å². The number of thiazole rings is 1. The predicted molar refractivity (Wildman–Crippen MR) is 111 cm³/mol. The number of aryl methyl sites for hydroxylation is 2. The van der Waals surface area contributed by atoms with Gasteiger partial charge >= 0.3 is 0 Å². The van der Waals surface area contributed by atoms with E-state index in [1.165, 1.54) is 46.4 Å². The van der Waals surface area contributed by atoms with Gasteiger partial charge in [-0.3, -0.25) is 9.59 Å². The highest BCUT2D eigenvalue weighted by atomic mass is 32.2. The number of aromatic nitrogens is 3. The summed E-state index contributed by atoms with van der Waals surface area (Å²) in [4.78, 5) is 38.7. The van der Waals surface area contributed by atoms with Gasteiger partial charge in [0, 0.05) is 16.2 Å². The van der Waals surface area contributed by atoms with Crippen molar-refractivity contribution in [3.8, 4) is 0 Å². The van der Waals surface area contributed by atoms with Crippen LogP contribution in [0.5, 0.6) is 0 Å². The van der Waals surface area contributed by atoms with Gasteiger partial charge in [-0.25, -0.2) is 9.97 Å². The molecule has 0 aliphatic heterocycles. The number of thioether (sulfide) groups is 1. The molecular formula is C18H18N4O2S3. The Hall–Kier alpha value is -1.71. The van der Waals surface area contributed by atoms with Crippen LogP contribution in [0.2, 0.25) is 0 Å². The van der Waals surface area contributed by atoms with Crippen molar-refractivity contribution < 1.29 is 4.79 Å². The minimum Gasteiger partial charge on any atom is -0.309 e. The Labute approximate surface area is 167 Å². The van der Waals surface area contributed by atoms with Gasteiger partial charge in [0.2, 0.25) is 5.91 Å². The number of nitrogens with one attached hydrogen (secondary N) is 2. The second-order valence-electron chi connectivity index (χ2n) is 6.94. The number of carbonyl (C=O) groups is 1. The first-order chi connectivity index (χ1) is 13.2. The minimum atomic E-state index is -0.0739. The number of carbonyl (C=O) groups excluding carboxylic acids is 1. The number of fused-ring (bicyclic) bond motifs is 3. The molecule has 0 saturated heterocycles. The molecule has 6 nitrogen and oxygen atoms in total. The van der Waals surface area contributed by atoms with E-state index < -0.39 is 0 Å². The van der Waals surface area contributed by atoms with Crippen LogP contribution in [0.25, 0.3) is 10.2 Å². The van der Waals surface area contributed by atoms with Gasteiger partial charge < -0.3 is 10.3 Å². The predicted octanol–water partition coefficient (Wildman–Crippen LogP) is 3.68. The fraction of sp³-hybridized carbons (Fsp3) is 0.444. The quantitative estimate of drug-likeness (QED) is 0.638. The van der Waals surface area contributed by atoms with Crippen LogP contribution in [0.4, 0.5) is 5.13 Å². The first kappa shape index (κ1) is 17.4. The number of thiophene rings is 1. The van der Waals surface area contributed by atoms with E-state index in [9.17, 15) is 9.59 Å². The second-order valence-corrected chi connectivity index (χ2v) is 9.87. The van der Waals surface area contributed by atoms with Crippen molar-refractivity contribution in [2.24, 2.45) is 0 Å². The first-order valence-electron chi connectivity index (χ1n) is 9.04. The highest BCUT2D eigenvalue weighted by Crippen LogP contribution is 2.41. The number of H-pyrrole nitrogens is 1. The third-order valence-corrected chi connectivity index (χ3v) is 7.77. The fourth-order valence-electron chi connectivity index (χ4n) is 3.42. The standard InChI is InChI=1S/C18H18N4O2S3/c23-14(22-18-19-11(6-26-18)9-4-5-9)8-25-7-13-20-16(24)15-10-2-1-3-12(10)27-17(15)21-13/h6,9H,1-5,7-8H2,(H,19,22,23)(H,20,21,24). The molecule has 9 heteroatoms. The average Bonchev–Trinajstić information content (AvgIpc) is 3.04. The van der Waals surface area contributed by atoms with Crippen LogP contribution in [0.3, 0.4) is 0 Å². The smallest absolute Gasteiger partial charge is 0.259 e. The Kier molecular flexibility index (Phi) is 4.53. The molecule has 3 heterocycles.